The number of aromatic nitrogens is 2. The van der Waals surface area contributed by atoms with E-state index in [1.54, 1.807) is 18.4 Å². The van der Waals surface area contributed by atoms with Crippen LogP contribution >= 0.6 is 11.3 Å². The molecule has 1 atom stereocenters. The molecule has 0 aromatic carbocycles. The monoisotopic (exact) mass is 263 g/mol. The average molecular weight is 263 g/mol. The normalized spacial score (nSPS) is 12.8. The highest BCUT2D eigenvalue weighted by molar-refractivity contribution is 7.07. The summed E-state index contributed by atoms with van der Waals surface area (Å²) in [6.45, 7) is 1.42. The Hall–Kier alpha value is -1.30. The molecule has 4 nitrogen and oxygen atoms in total. The van der Waals surface area contributed by atoms with Gasteiger partial charge in [-0.2, -0.15) is 0 Å². The summed E-state index contributed by atoms with van der Waals surface area (Å²) >= 11 is 1.62. The van der Waals surface area contributed by atoms with Crippen molar-refractivity contribution in [2.75, 3.05) is 20.8 Å². The second kappa shape index (κ2) is 6.58. The number of hydrogen-bond donors (Lipinski definition) is 0. The summed E-state index contributed by atoms with van der Waals surface area (Å²) in [5, 5.41) is 2.07. The smallest absolute Gasteiger partial charge is 0.0795 e. The van der Waals surface area contributed by atoms with Crippen molar-refractivity contribution >= 4 is 11.3 Å². The molecule has 5 heteroatoms. The fourth-order valence-corrected chi connectivity index (χ4v) is 2.40. The summed E-state index contributed by atoms with van der Waals surface area (Å²) in [5.41, 5.74) is 3.96. The highest BCUT2D eigenvalue weighted by atomic mass is 32.1. The van der Waals surface area contributed by atoms with Crippen molar-refractivity contribution in [3.63, 3.8) is 0 Å². The van der Waals surface area contributed by atoms with Crippen LogP contribution in [0.4, 0.5) is 0 Å². The number of rotatable bonds is 6. The maximum absolute atomic E-state index is 5.30. The lowest BCUT2D eigenvalue weighted by Crippen LogP contribution is -2.28. The van der Waals surface area contributed by atoms with Gasteiger partial charge in [0.15, 0.2) is 0 Å². The summed E-state index contributed by atoms with van der Waals surface area (Å²) in [7, 11) is 3.78. The van der Waals surface area contributed by atoms with Gasteiger partial charge in [-0.3, -0.25) is 9.88 Å². The second-order valence-corrected chi connectivity index (χ2v) is 4.84. The number of hydrogen-bond acceptors (Lipinski definition) is 5. The van der Waals surface area contributed by atoms with E-state index >= 15 is 0 Å². The van der Waals surface area contributed by atoms with Gasteiger partial charge < -0.3 is 4.74 Å². The summed E-state index contributed by atoms with van der Waals surface area (Å²) in [5.74, 6) is 0. The Kier molecular flexibility index (Phi) is 4.81. The van der Waals surface area contributed by atoms with Crippen molar-refractivity contribution in [1.82, 2.24) is 14.9 Å². The molecule has 96 valence electrons. The molecule has 0 radical (unpaired) electrons. The van der Waals surface area contributed by atoms with Gasteiger partial charge in [-0.1, -0.05) is 6.07 Å². The first-order chi connectivity index (χ1) is 8.81. The number of thiazole rings is 1. The minimum absolute atomic E-state index is 0.151. The Bertz CT molecular complexity index is 447. The molecule has 0 spiro atoms. The standard InChI is InChI=1S/C13H17N3OS/c1-16(7-11-9-18-10-15-11)13(8-17-2)12-5-3-4-6-14-12/h3-6,9-10,13H,7-8H2,1-2H3/t13-/m1/s1. The van der Waals surface area contributed by atoms with Gasteiger partial charge in [0.05, 0.1) is 29.5 Å². The van der Waals surface area contributed by atoms with Gasteiger partial charge >= 0.3 is 0 Å². The molecule has 0 aliphatic rings. The van der Waals surface area contributed by atoms with Crippen molar-refractivity contribution in [1.29, 1.82) is 0 Å². The first-order valence-corrected chi connectivity index (χ1v) is 6.72. The molecule has 0 fully saturated rings. The Morgan fingerprint density at radius 3 is 2.89 bits per heavy atom. The van der Waals surface area contributed by atoms with E-state index in [4.69, 9.17) is 4.74 Å². The van der Waals surface area contributed by atoms with Crippen LogP contribution < -0.4 is 0 Å². The third-order valence-corrected chi connectivity index (χ3v) is 3.42. The summed E-state index contributed by atoms with van der Waals surface area (Å²) in [4.78, 5) is 10.9. The molecule has 0 N–H and O–H groups in total. The van der Waals surface area contributed by atoms with Crippen molar-refractivity contribution in [3.05, 3.63) is 46.7 Å². The molecule has 0 bridgehead atoms. The molecule has 2 aromatic heterocycles. The predicted octanol–water partition coefficient (Wildman–Crippen LogP) is 2.36. The zero-order chi connectivity index (χ0) is 12.8. The van der Waals surface area contributed by atoms with Crippen molar-refractivity contribution in [3.8, 4) is 0 Å². The number of nitrogens with zero attached hydrogens (tertiary/aromatic N) is 3. The lowest BCUT2D eigenvalue weighted by molar-refractivity contribution is 0.0994. The first-order valence-electron chi connectivity index (χ1n) is 5.78. The predicted molar refractivity (Wildman–Crippen MR) is 72.4 cm³/mol. The first kappa shape index (κ1) is 13.1. The van der Waals surface area contributed by atoms with Crippen molar-refractivity contribution in [2.45, 2.75) is 12.6 Å². The van der Waals surface area contributed by atoms with Crippen LogP contribution in [0.1, 0.15) is 17.4 Å². The van der Waals surface area contributed by atoms with E-state index in [0.29, 0.717) is 6.61 Å². The third-order valence-electron chi connectivity index (χ3n) is 2.78. The van der Waals surface area contributed by atoms with E-state index in [1.807, 2.05) is 29.9 Å². The Morgan fingerprint density at radius 1 is 1.39 bits per heavy atom. The van der Waals surface area contributed by atoms with E-state index in [9.17, 15) is 0 Å². The molecule has 0 aliphatic carbocycles. The number of ether oxygens (including phenoxy) is 1. The molecule has 0 unspecified atom stereocenters. The summed E-state index contributed by atoms with van der Waals surface area (Å²) < 4.78 is 5.30. The van der Waals surface area contributed by atoms with Gasteiger partial charge in [0.1, 0.15) is 0 Å². The molecular weight excluding hydrogens is 246 g/mol. The molecule has 18 heavy (non-hydrogen) atoms. The lowest BCUT2D eigenvalue weighted by atomic mass is 10.1. The van der Waals surface area contributed by atoms with Gasteiger partial charge in [-0.25, -0.2) is 4.98 Å². The number of likely N-dealkylation sites (N-methyl/N-ethyl adjacent to an activating group) is 1. The third kappa shape index (κ3) is 3.35. The maximum atomic E-state index is 5.30. The van der Waals surface area contributed by atoms with Crippen LogP contribution in [0.5, 0.6) is 0 Å². The molecule has 0 saturated carbocycles. The SMILES string of the molecule is COC[C@H](c1ccccn1)N(C)Cc1cscn1. The fourth-order valence-electron chi connectivity index (χ4n) is 1.85. The molecule has 0 amide bonds. The van der Waals surface area contributed by atoms with Crippen molar-refractivity contribution in [2.24, 2.45) is 0 Å². The Balaban J connectivity index is 2.09. The number of pyridine rings is 1. The van der Waals surface area contributed by atoms with Gasteiger partial charge in [0.2, 0.25) is 0 Å². The van der Waals surface area contributed by atoms with Crippen LogP contribution in [0.2, 0.25) is 0 Å². The fraction of sp³-hybridized carbons (Fsp3) is 0.385. The molecule has 2 heterocycles. The van der Waals surface area contributed by atoms with Gasteiger partial charge in [-0.15, -0.1) is 11.3 Å². The quantitative estimate of drug-likeness (QED) is 0.802. The second-order valence-electron chi connectivity index (χ2n) is 4.12. The average Bonchev–Trinajstić information content (AvgIpc) is 2.89. The molecule has 2 rings (SSSR count). The van der Waals surface area contributed by atoms with Crippen LogP contribution in [0.15, 0.2) is 35.3 Å². The van der Waals surface area contributed by atoms with Crippen LogP contribution in [0.3, 0.4) is 0 Å². The van der Waals surface area contributed by atoms with Gasteiger partial charge in [-0.05, 0) is 19.2 Å². The van der Waals surface area contributed by atoms with E-state index < -0.39 is 0 Å². The highest BCUT2D eigenvalue weighted by Gasteiger charge is 2.18. The Morgan fingerprint density at radius 2 is 2.28 bits per heavy atom. The zero-order valence-electron chi connectivity index (χ0n) is 10.6. The van der Waals surface area contributed by atoms with E-state index in [1.165, 1.54) is 0 Å². The minimum Gasteiger partial charge on any atom is -0.383 e. The zero-order valence-corrected chi connectivity index (χ0v) is 11.4. The summed E-state index contributed by atoms with van der Waals surface area (Å²) in [6, 6.07) is 6.11. The van der Waals surface area contributed by atoms with Crippen LogP contribution in [-0.4, -0.2) is 35.6 Å². The maximum Gasteiger partial charge on any atom is 0.0795 e. The van der Waals surface area contributed by atoms with E-state index in [0.717, 1.165) is 17.9 Å². The number of methoxy groups -OCH3 is 1. The van der Waals surface area contributed by atoms with Crippen LogP contribution in [-0.2, 0) is 11.3 Å². The van der Waals surface area contributed by atoms with Gasteiger partial charge in [0, 0.05) is 25.2 Å². The topological polar surface area (TPSA) is 38.2 Å². The van der Waals surface area contributed by atoms with E-state index in [-0.39, 0.29) is 6.04 Å². The molecule has 0 aliphatic heterocycles. The highest BCUT2D eigenvalue weighted by Crippen LogP contribution is 2.19. The van der Waals surface area contributed by atoms with Crippen LogP contribution in [0, 0.1) is 0 Å². The van der Waals surface area contributed by atoms with Gasteiger partial charge in [0.25, 0.3) is 0 Å². The molecular formula is C13H17N3OS. The van der Waals surface area contributed by atoms with Crippen molar-refractivity contribution < 1.29 is 4.74 Å². The summed E-state index contributed by atoms with van der Waals surface area (Å²) in [6.07, 6.45) is 1.81. The molecule has 0 saturated heterocycles. The van der Waals surface area contributed by atoms with Crippen LogP contribution in [0.25, 0.3) is 0 Å². The Labute approximate surface area is 111 Å². The van der Waals surface area contributed by atoms with E-state index in [2.05, 4.69) is 27.3 Å². The minimum atomic E-state index is 0.151. The lowest BCUT2D eigenvalue weighted by Gasteiger charge is -2.26. The molecule has 2 aromatic rings. The largest absolute Gasteiger partial charge is 0.383 e.